The Balaban J connectivity index is 1.50. The Hall–Kier alpha value is -11.3. The van der Waals surface area contributed by atoms with Gasteiger partial charge in [0, 0.05) is 60.9 Å². The second kappa shape index (κ2) is 54.5. The van der Waals surface area contributed by atoms with Gasteiger partial charge in [-0.1, -0.05) is 95.1 Å². The molecule has 0 spiro atoms. The van der Waals surface area contributed by atoms with Crippen LogP contribution in [-0.4, -0.2) is 349 Å². The van der Waals surface area contributed by atoms with Crippen LogP contribution in [0.5, 0.6) is 11.5 Å². The third kappa shape index (κ3) is 34.5. The molecule has 4 heterocycles. The topological polar surface area (TPSA) is 714 Å². The molecule has 21 N–H and O–H groups in total. The number of cyclic esters (lactones) is 1. The molecule has 0 bridgehead atoms. The van der Waals surface area contributed by atoms with E-state index in [2.05, 4.69) is 54.8 Å². The number of phenols is 2. The first-order valence-electron chi connectivity index (χ1n) is 44.3. The fourth-order valence-electron chi connectivity index (χ4n) is 15.1. The maximum absolute atomic E-state index is 15.8. The van der Waals surface area contributed by atoms with Gasteiger partial charge in [-0.25, -0.2) is 4.79 Å². The van der Waals surface area contributed by atoms with Crippen molar-refractivity contribution in [2.24, 2.45) is 5.73 Å². The molecule has 0 aromatic heterocycles. The summed E-state index contributed by atoms with van der Waals surface area (Å²) in [6.45, 7) is 8.56. The fourth-order valence-corrected chi connectivity index (χ4v) is 15.1. The molecule has 0 aliphatic carbocycles. The number of aromatic hydroxyl groups is 2. The van der Waals surface area contributed by atoms with Crippen molar-refractivity contribution >= 4 is 94.8 Å². The Morgan fingerprint density at radius 1 is 0.615 bits per heavy atom. The molecule has 2 aromatic rings. The summed E-state index contributed by atoms with van der Waals surface area (Å²) in [7, 11) is 0.964. The van der Waals surface area contributed by atoms with Crippen LogP contribution < -0.4 is 53.6 Å². The monoisotopic (exact) mass is 1920 g/mol. The first-order chi connectivity index (χ1) is 63.7. The number of nitrogens with one attached hydrogen (secondary N) is 9. The Kier molecular flexibility index (Phi) is 45.4. The summed E-state index contributed by atoms with van der Waals surface area (Å²) in [6, 6.07) is -6.78. The van der Waals surface area contributed by atoms with Gasteiger partial charge in [0.2, 0.25) is 53.2 Å². The van der Waals surface area contributed by atoms with Gasteiger partial charge < -0.3 is 162 Å². The number of aliphatic hydroxyl groups excluding tert-OH is 8. The van der Waals surface area contributed by atoms with Gasteiger partial charge in [0.15, 0.2) is 43.3 Å². The number of hydrogen-bond acceptors (Lipinski definition) is 37. The number of esters is 5. The molecular weight excluding hydrogens is 1790 g/mol. The molecule has 6 rings (SSSR count). The third-order valence-corrected chi connectivity index (χ3v) is 22.3. The normalized spacial score (nSPS) is 28.9. The molecule has 11 amide bonds. The SMILES string of the molecule is CC=C1NC(=O)C(Cc2ccc(O)cc2)NC(=O)C(C(C)O)NC(=O)C(NC(=O)C(NC(=O)C(O)C(CCCCCCCCCCC)OC2OCC(O)C(OC3OC(CO)C(O)C(O)C3NC(C)=O)C2O)C(C)O)C(C)OC(=O)C(Cc2ccc(O)cc2)NC(=O)C(C(C)OC2OC(COC(C)=O)C(OC(C)=O)C(OC(C)=O)C2OC(C)=O)N(C)C(=O)CNC(=O)C(CCC(N)=O)NC1=O. The predicted molar refractivity (Wildman–Crippen MR) is 461 cm³/mol. The Morgan fingerprint density at radius 3 is 1.73 bits per heavy atom. The van der Waals surface area contributed by atoms with Crippen molar-refractivity contribution in [2.45, 2.75) is 331 Å². The summed E-state index contributed by atoms with van der Waals surface area (Å²) in [4.78, 5) is 227. The second-order valence-corrected chi connectivity index (χ2v) is 33.3. The third-order valence-electron chi connectivity index (χ3n) is 22.3. The minimum Gasteiger partial charge on any atom is -0.508 e. The second-order valence-electron chi connectivity index (χ2n) is 33.3. The molecule has 4 fully saturated rings. The van der Waals surface area contributed by atoms with Crippen molar-refractivity contribution < 1.29 is 180 Å². The number of primary amides is 1. The predicted octanol–water partition coefficient (Wildman–Crippen LogP) is -5.71. The molecular formula is C87H129N11O37. The Morgan fingerprint density at radius 2 is 1.18 bits per heavy atom. The lowest BCUT2D eigenvalue weighted by molar-refractivity contribution is -0.339. The van der Waals surface area contributed by atoms with Crippen molar-refractivity contribution in [3.8, 4) is 11.5 Å². The number of nitrogens with two attached hydrogens (primary N) is 1. The van der Waals surface area contributed by atoms with E-state index >= 15 is 19.2 Å². The number of aliphatic hydroxyl groups is 8. The number of unbranched alkanes of at least 4 members (excludes halogenated alkanes) is 8. The number of allylic oxidation sites excluding steroid dienone is 1. The van der Waals surface area contributed by atoms with E-state index in [1.165, 1.54) is 43.3 Å². The molecule has 48 heteroatoms. The van der Waals surface area contributed by atoms with Crippen LogP contribution in [0.1, 0.15) is 164 Å². The molecule has 27 atom stereocenters. The zero-order valence-corrected chi connectivity index (χ0v) is 77.0. The quantitative estimate of drug-likeness (QED) is 0.0129. The van der Waals surface area contributed by atoms with Gasteiger partial charge >= 0.3 is 29.8 Å². The Labute approximate surface area is 777 Å². The minimum atomic E-state index is -2.47. The molecule has 4 saturated heterocycles. The molecule has 2 aromatic carbocycles. The first kappa shape index (κ1) is 112. The maximum atomic E-state index is 15.8. The van der Waals surface area contributed by atoms with Crippen LogP contribution in [-0.2, 0) is 142 Å². The summed E-state index contributed by atoms with van der Waals surface area (Å²) in [6.07, 6.45) is -31.2. The molecule has 4 aliphatic heterocycles. The lowest BCUT2D eigenvalue weighted by Crippen LogP contribution is -2.67. The average molecular weight is 1920 g/mol. The van der Waals surface area contributed by atoms with Gasteiger partial charge in [-0.2, -0.15) is 0 Å². The van der Waals surface area contributed by atoms with Crippen molar-refractivity contribution in [3.05, 3.63) is 71.4 Å². The number of ether oxygens (including phenoxy) is 11. The summed E-state index contributed by atoms with van der Waals surface area (Å²) >= 11 is 0. The van der Waals surface area contributed by atoms with E-state index in [-0.39, 0.29) is 35.5 Å². The van der Waals surface area contributed by atoms with Gasteiger partial charge in [-0.05, 0) is 82.9 Å². The van der Waals surface area contributed by atoms with E-state index in [4.69, 9.17) is 57.8 Å². The van der Waals surface area contributed by atoms with E-state index in [1.54, 1.807) is 0 Å². The molecule has 135 heavy (non-hydrogen) atoms. The number of hydrogen-bond donors (Lipinski definition) is 20. The fraction of sp³-hybridized carbons (Fsp3) is 0.655. The number of nitrogens with zero attached hydrogens (tertiary/aromatic N) is 1. The molecule has 4 aliphatic rings. The van der Waals surface area contributed by atoms with E-state index in [0.29, 0.717) is 17.7 Å². The Bertz CT molecular complexity index is 4380. The number of phenolic OH excluding ortho intramolecular Hbond substituents is 2. The summed E-state index contributed by atoms with van der Waals surface area (Å²) in [5.74, 6) is -20.5. The van der Waals surface area contributed by atoms with Gasteiger partial charge in [-0.3, -0.25) is 71.9 Å². The van der Waals surface area contributed by atoms with E-state index in [0.717, 1.165) is 126 Å². The van der Waals surface area contributed by atoms with Crippen molar-refractivity contribution in [1.29, 1.82) is 0 Å². The molecule has 0 saturated carbocycles. The zero-order valence-electron chi connectivity index (χ0n) is 77.0. The molecule has 48 nitrogen and oxygen atoms in total. The molecule has 754 valence electrons. The highest BCUT2D eigenvalue weighted by atomic mass is 16.8. The minimum absolute atomic E-state index is 0.0874. The van der Waals surface area contributed by atoms with Gasteiger partial charge in [0.25, 0.3) is 11.8 Å². The lowest BCUT2D eigenvalue weighted by Gasteiger charge is -2.46. The van der Waals surface area contributed by atoms with Crippen LogP contribution in [0.25, 0.3) is 0 Å². The van der Waals surface area contributed by atoms with E-state index in [1.807, 2.05) is 0 Å². The molecule has 27 unspecified atom stereocenters. The lowest BCUT2D eigenvalue weighted by atomic mass is 9.96. The summed E-state index contributed by atoms with van der Waals surface area (Å²) in [5.41, 5.74) is 5.14. The van der Waals surface area contributed by atoms with Crippen molar-refractivity contribution in [3.63, 3.8) is 0 Å². The average Bonchev–Trinajstić information content (AvgIpc) is 0.781. The highest BCUT2D eigenvalue weighted by Gasteiger charge is 2.56. The largest absolute Gasteiger partial charge is 0.508 e. The first-order valence-corrected chi connectivity index (χ1v) is 44.3. The highest BCUT2D eigenvalue weighted by Crippen LogP contribution is 2.34. The van der Waals surface area contributed by atoms with Crippen molar-refractivity contribution in [2.75, 3.05) is 33.4 Å². The van der Waals surface area contributed by atoms with Crippen LogP contribution in [0.3, 0.4) is 0 Å². The standard InChI is InChI=1S/C87H129N11O37/c1-13-15-16-17-18-19-20-21-22-23-58(132-86-71(115)72(57(109)38-126-86)135-85-66(90-44(7)102)70(114)68(112)59(37-99)133-85)69(113)83(123)96-64(41(4)101)80(120)97-65-42(5)127-84(124)56(35-50-26-30-52(108)31-27-50)94-82(122)67(43(6)128-87-75(131-48(11)106)74(130-47(10)105)73(129-46(9)104)60(134-87)39-125-45(8)103)98(12)62(111)36-89-76(116)54(32-33-61(88)110)92-77(117)53(14-2)91-78(118)55(34-49-24-28-51(107)29-25-49)93-79(119)63(40(3)100)95-81(65)121/h14,24-31,40-43,54-60,63-75,85-87,99-101,107-109,112-115H,13,15-23,32-39H2,1-12H3,(H2,88,110)(H,89,116)(H,90,102)(H,91,118)(H,92,117)(H,93,119)(H,94,122)(H,95,121)(H,96,123)(H,97,120). The van der Waals surface area contributed by atoms with Gasteiger partial charge in [-0.15, -0.1) is 0 Å². The van der Waals surface area contributed by atoms with Crippen molar-refractivity contribution in [1.82, 2.24) is 52.8 Å². The van der Waals surface area contributed by atoms with Crippen LogP contribution in [0.2, 0.25) is 0 Å². The van der Waals surface area contributed by atoms with Crippen LogP contribution >= 0.6 is 0 Å². The zero-order chi connectivity index (χ0) is 101. The van der Waals surface area contributed by atoms with E-state index in [9.17, 15) is 109 Å². The highest BCUT2D eigenvalue weighted by molar-refractivity contribution is 6.03. The van der Waals surface area contributed by atoms with Crippen LogP contribution in [0.15, 0.2) is 60.3 Å². The summed E-state index contributed by atoms with van der Waals surface area (Å²) < 4.78 is 64.0. The van der Waals surface area contributed by atoms with Crippen LogP contribution in [0, 0.1) is 0 Å². The number of rotatable bonds is 38. The smallest absolute Gasteiger partial charge is 0.329 e. The van der Waals surface area contributed by atoms with Gasteiger partial charge in [0.05, 0.1) is 44.2 Å². The number of likely N-dealkylation sites (N-methyl/N-ethyl adjacent to an activating group) is 1. The number of benzene rings is 2. The van der Waals surface area contributed by atoms with Gasteiger partial charge in [0.1, 0.15) is 121 Å². The van der Waals surface area contributed by atoms with E-state index < -0.39 is 317 Å². The number of amides is 11. The summed E-state index contributed by atoms with van der Waals surface area (Å²) in [5, 5.41) is 132. The molecule has 0 radical (unpaired) electrons. The number of carbonyl (C=O) groups excluding carboxylic acids is 16. The number of carbonyl (C=O) groups is 16. The van der Waals surface area contributed by atoms with Crippen LogP contribution in [0.4, 0.5) is 0 Å². The maximum Gasteiger partial charge on any atom is 0.329 e.